The predicted octanol–water partition coefficient (Wildman–Crippen LogP) is 3.74. The van der Waals surface area contributed by atoms with Gasteiger partial charge >= 0.3 is 6.09 Å². The van der Waals surface area contributed by atoms with Gasteiger partial charge in [0.25, 0.3) is 5.88 Å². The number of anilines is 1. The highest BCUT2D eigenvalue weighted by atomic mass is 32.2. The van der Waals surface area contributed by atoms with Crippen LogP contribution in [0.4, 0.5) is 14.9 Å². The van der Waals surface area contributed by atoms with Gasteiger partial charge in [0.2, 0.25) is 0 Å². The fourth-order valence-electron chi connectivity index (χ4n) is 2.98. The number of hydrogen-bond acceptors (Lipinski definition) is 6. The van der Waals surface area contributed by atoms with E-state index in [-0.39, 0.29) is 19.0 Å². The fourth-order valence-corrected chi connectivity index (χ4v) is 3.83. The number of allylic oxidation sites excluding steroid dienone is 1. The largest absolute Gasteiger partial charge is 0.471 e. The van der Waals surface area contributed by atoms with Crippen LogP contribution in [0.15, 0.2) is 41.1 Å². The average Bonchev–Trinajstić information content (AvgIpc) is 3.30. The summed E-state index contributed by atoms with van der Waals surface area (Å²) >= 11 is 1.84. The van der Waals surface area contributed by atoms with Crippen LogP contribution in [-0.4, -0.2) is 42.0 Å². The second-order valence-corrected chi connectivity index (χ2v) is 7.13. The zero-order chi connectivity index (χ0) is 17.9. The van der Waals surface area contributed by atoms with Crippen molar-refractivity contribution < 1.29 is 23.2 Å². The van der Waals surface area contributed by atoms with E-state index in [4.69, 9.17) is 9.47 Å². The molecule has 1 atom stereocenters. The normalized spacial score (nSPS) is 20.0. The highest BCUT2D eigenvalue weighted by Crippen LogP contribution is 2.31. The maximum absolute atomic E-state index is 14.6. The monoisotopic (exact) mass is 376 g/mol. The molecule has 2 aromatic rings. The van der Waals surface area contributed by atoms with Gasteiger partial charge in [-0.1, -0.05) is 6.08 Å². The molecule has 2 aliphatic heterocycles. The fraction of sp³-hybridized carbons (Fsp3) is 0.333. The lowest BCUT2D eigenvalue weighted by molar-refractivity contribution is 0.102. The van der Waals surface area contributed by atoms with E-state index in [2.05, 4.69) is 15.8 Å². The average molecular weight is 376 g/mol. The number of halogens is 1. The highest BCUT2D eigenvalue weighted by Gasteiger charge is 2.33. The van der Waals surface area contributed by atoms with Gasteiger partial charge in [0.1, 0.15) is 18.7 Å². The Labute approximate surface area is 153 Å². The van der Waals surface area contributed by atoms with E-state index in [0.29, 0.717) is 17.1 Å². The molecule has 0 unspecified atom stereocenters. The molecule has 0 N–H and O–H groups in total. The number of nitrogens with zero attached hydrogens (tertiary/aromatic N) is 2. The molecule has 0 radical (unpaired) electrons. The van der Waals surface area contributed by atoms with Gasteiger partial charge < -0.3 is 14.0 Å². The summed E-state index contributed by atoms with van der Waals surface area (Å²) in [5.41, 5.74) is 2.11. The van der Waals surface area contributed by atoms with Gasteiger partial charge in [-0.05, 0) is 41.1 Å². The van der Waals surface area contributed by atoms with Crippen LogP contribution in [0.1, 0.15) is 12.0 Å². The minimum absolute atomic E-state index is 0.153. The number of ether oxygens (including phenoxy) is 2. The van der Waals surface area contributed by atoms with E-state index in [1.54, 1.807) is 18.2 Å². The third kappa shape index (κ3) is 3.55. The van der Waals surface area contributed by atoms with Crippen LogP contribution >= 0.6 is 11.8 Å². The smallest absolute Gasteiger partial charge is 0.414 e. The summed E-state index contributed by atoms with van der Waals surface area (Å²) < 4.78 is 29.9. The molecule has 1 amide bonds. The summed E-state index contributed by atoms with van der Waals surface area (Å²) in [6.45, 7) is 0.439. The molecule has 0 aliphatic carbocycles. The minimum Gasteiger partial charge on any atom is -0.471 e. The highest BCUT2D eigenvalue weighted by molar-refractivity contribution is 7.99. The summed E-state index contributed by atoms with van der Waals surface area (Å²) in [4.78, 5) is 13.5. The number of rotatable bonds is 5. The number of cyclic esters (lactones) is 1. The summed E-state index contributed by atoms with van der Waals surface area (Å²) in [7, 11) is 0. The molecular formula is C18H17FN2O4S. The van der Waals surface area contributed by atoms with Crippen LogP contribution in [0.25, 0.3) is 5.57 Å². The van der Waals surface area contributed by atoms with Crippen LogP contribution in [0.5, 0.6) is 5.88 Å². The molecule has 8 heteroatoms. The molecular weight excluding hydrogens is 359 g/mol. The Morgan fingerprint density at radius 2 is 2.31 bits per heavy atom. The van der Waals surface area contributed by atoms with Gasteiger partial charge in [0.15, 0.2) is 6.10 Å². The van der Waals surface area contributed by atoms with Gasteiger partial charge in [0, 0.05) is 17.4 Å². The summed E-state index contributed by atoms with van der Waals surface area (Å²) in [5.74, 6) is 1.91. The lowest BCUT2D eigenvalue weighted by atomic mass is 10.0. The van der Waals surface area contributed by atoms with Crippen molar-refractivity contribution in [3.63, 3.8) is 0 Å². The summed E-state index contributed by atoms with van der Waals surface area (Å²) in [6, 6.07) is 6.45. The first-order chi connectivity index (χ1) is 12.7. The van der Waals surface area contributed by atoms with Crippen molar-refractivity contribution in [1.82, 2.24) is 5.16 Å². The third-order valence-electron chi connectivity index (χ3n) is 4.28. The molecule has 26 heavy (non-hydrogen) atoms. The predicted molar refractivity (Wildman–Crippen MR) is 95.9 cm³/mol. The molecule has 3 heterocycles. The first-order valence-corrected chi connectivity index (χ1v) is 9.44. The standard InChI is InChI=1S/C18H17FN2O4S/c19-16-9-13(1-2-15(16)12-4-7-26-8-5-12)21-10-14(25-18(21)22)11-23-17-3-6-24-20-17/h1-4,6,9,14H,5,7-8,10-11H2/t14-/m1/s1. The molecule has 6 nitrogen and oxygen atoms in total. The van der Waals surface area contributed by atoms with E-state index in [1.807, 2.05) is 11.8 Å². The number of carbonyl (C=O) groups excluding carboxylic acids is 1. The maximum Gasteiger partial charge on any atom is 0.414 e. The number of thioether (sulfide) groups is 1. The van der Waals surface area contributed by atoms with E-state index < -0.39 is 12.2 Å². The number of amides is 1. The van der Waals surface area contributed by atoms with Crippen LogP contribution in [0.3, 0.4) is 0 Å². The Hall–Kier alpha value is -2.48. The second kappa shape index (κ2) is 7.41. The molecule has 1 fully saturated rings. The van der Waals surface area contributed by atoms with Crippen LogP contribution in [0, 0.1) is 5.82 Å². The van der Waals surface area contributed by atoms with E-state index in [9.17, 15) is 9.18 Å². The van der Waals surface area contributed by atoms with Gasteiger partial charge in [-0.3, -0.25) is 4.90 Å². The number of aromatic nitrogens is 1. The topological polar surface area (TPSA) is 64.8 Å². The van der Waals surface area contributed by atoms with Crippen molar-refractivity contribution >= 4 is 29.1 Å². The third-order valence-corrected chi connectivity index (χ3v) is 5.17. The zero-order valence-electron chi connectivity index (χ0n) is 13.9. The molecule has 1 aromatic heterocycles. The molecule has 2 aliphatic rings. The lowest BCUT2D eigenvalue weighted by Crippen LogP contribution is -2.26. The van der Waals surface area contributed by atoms with Gasteiger partial charge in [-0.25, -0.2) is 9.18 Å². The van der Waals surface area contributed by atoms with Crippen molar-refractivity contribution in [3.8, 4) is 5.88 Å². The number of hydrogen-bond donors (Lipinski definition) is 0. The van der Waals surface area contributed by atoms with E-state index in [1.165, 1.54) is 17.2 Å². The van der Waals surface area contributed by atoms with Gasteiger partial charge in [-0.15, -0.1) is 0 Å². The molecule has 136 valence electrons. The Morgan fingerprint density at radius 3 is 3.04 bits per heavy atom. The van der Waals surface area contributed by atoms with Crippen molar-refractivity contribution in [1.29, 1.82) is 0 Å². The van der Waals surface area contributed by atoms with Crippen molar-refractivity contribution in [2.45, 2.75) is 12.5 Å². The first-order valence-electron chi connectivity index (χ1n) is 8.29. The molecule has 0 spiro atoms. The summed E-state index contributed by atoms with van der Waals surface area (Å²) in [6.07, 6.45) is 3.34. The Kier molecular flexibility index (Phi) is 4.83. The summed E-state index contributed by atoms with van der Waals surface area (Å²) in [5, 5.41) is 3.63. The van der Waals surface area contributed by atoms with E-state index >= 15 is 0 Å². The van der Waals surface area contributed by atoms with Crippen LogP contribution in [0.2, 0.25) is 0 Å². The SMILES string of the molecule is O=C1O[C@@H](COc2ccon2)CN1c1ccc(C2=CCSCC2)c(F)c1. The lowest BCUT2D eigenvalue weighted by Gasteiger charge is -2.17. The first kappa shape index (κ1) is 17.0. The van der Waals surface area contributed by atoms with Crippen LogP contribution < -0.4 is 9.64 Å². The molecule has 1 aromatic carbocycles. The van der Waals surface area contributed by atoms with E-state index in [0.717, 1.165) is 23.5 Å². The van der Waals surface area contributed by atoms with Crippen LogP contribution in [-0.2, 0) is 4.74 Å². The molecule has 0 saturated carbocycles. The maximum atomic E-state index is 14.6. The van der Waals surface area contributed by atoms with Crippen molar-refractivity contribution in [3.05, 3.63) is 48.0 Å². The van der Waals surface area contributed by atoms with Gasteiger partial charge in [-0.2, -0.15) is 11.8 Å². The Bertz CT molecular complexity index is 825. The van der Waals surface area contributed by atoms with Crippen molar-refractivity contribution in [2.75, 3.05) is 29.6 Å². The Balaban J connectivity index is 1.44. The molecule has 1 saturated heterocycles. The minimum atomic E-state index is -0.515. The quantitative estimate of drug-likeness (QED) is 0.792. The number of benzene rings is 1. The Morgan fingerprint density at radius 1 is 1.38 bits per heavy atom. The van der Waals surface area contributed by atoms with Crippen molar-refractivity contribution in [2.24, 2.45) is 0 Å². The molecule has 0 bridgehead atoms. The number of carbonyl (C=O) groups is 1. The van der Waals surface area contributed by atoms with Gasteiger partial charge in [0.05, 0.1) is 12.2 Å². The zero-order valence-corrected chi connectivity index (χ0v) is 14.7. The second-order valence-electron chi connectivity index (χ2n) is 5.98. The molecule has 4 rings (SSSR count).